The molecule has 0 saturated heterocycles. The Bertz CT molecular complexity index is 559. The van der Waals surface area contributed by atoms with Gasteiger partial charge in [0.25, 0.3) is 0 Å². The first-order chi connectivity index (χ1) is 12.0. The Morgan fingerprint density at radius 3 is 2.48 bits per heavy atom. The molecule has 0 bridgehead atoms. The van der Waals surface area contributed by atoms with Crippen molar-refractivity contribution in [2.24, 2.45) is 23.7 Å². The molecule has 25 heavy (non-hydrogen) atoms. The molecule has 2 heteroatoms. The summed E-state index contributed by atoms with van der Waals surface area (Å²) in [6.07, 6.45) is 8.51. The predicted molar refractivity (Wildman–Crippen MR) is 104 cm³/mol. The molecule has 0 radical (unpaired) electrons. The minimum absolute atomic E-state index is 0.157. The number of carbonyl (C=O) groups excluding carboxylic acids is 1. The Morgan fingerprint density at radius 1 is 1.16 bits per heavy atom. The van der Waals surface area contributed by atoms with Gasteiger partial charge in [-0.05, 0) is 49.0 Å². The summed E-state index contributed by atoms with van der Waals surface area (Å²) in [5, 5.41) is 3.40. The highest BCUT2D eigenvalue weighted by Crippen LogP contribution is 2.41. The highest BCUT2D eigenvalue weighted by molar-refractivity contribution is 5.79. The summed E-state index contributed by atoms with van der Waals surface area (Å²) in [5.41, 5.74) is 1.56. The zero-order valence-corrected chi connectivity index (χ0v) is 16.3. The first kappa shape index (κ1) is 18.5. The van der Waals surface area contributed by atoms with Crippen LogP contribution in [-0.2, 0) is 10.2 Å². The topological polar surface area (TPSA) is 29.1 Å². The highest BCUT2D eigenvalue weighted by atomic mass is 16.1. The van der Waals surface area contributed by atoms with Crippen molar-refractivity contribution in [3.8, 4) is 0 Å². The van der Waals surface area contributed by atoms with Crippen LogP contribution in [0.2, 0.25) is 0 Å². The smallest absolute Gasteiger partial charge is 0.223 e. The molecule has 2 fully saturated rings. The van der Waals surface area contributed by atoms with Gasteiger partial charge in [0, 0.05) is 17.9 Å². The van der Waals surface area contributed by atoms with Crippen LogP contribution in [-0.4, -0.2) is 12.5 Å². The van der Waals surface area contributed by atoms with E-state index in [0.29, 0.717) is 23.7 Å². The van der Waals surface area contributed by atoms with E-state index in [9.17, 15) is 4.79 Å². The van der Waals surface area contributed by atoms with Gasteiger partial charge in [-0.3, -0.25) is 4.79 Å². The molecule has 2 saturated carbocycles. The van der Waals surface area contributed by atoms with Gasteiger partial charge in [0.2, 0.25) is 5.91 Å². The van der Waals surface area contributed by atoms with E-state index < -0.39 is 0 Å². The van der Waals surface area contributed by atoms with E-state index >= 15 is 0 Å². The number of amides is 1. The molecule has 2 nitrogen and oxygen atoms in total. The lowest BCUT2D eigenvalue weighted by atomic mass is 9.69. The van der Waals surface area contributed by atoms with Crippen molar-refractivity contribution in [3.05, 3.63) is 35.9 Å². The predicted octanol–water partition coefficient (Wildman–Crippen LogP) is 5.32. The molecule has 1 N–H and O–H groups in total. The summed E-state index contributed by atoms with van der Waals surface area (Å²) >= 11 is 0. The molecule has 0 aliphatic heterocycles. The average molecular weight is 342 g/mol. The van der Waals surface area contributed by atoms with Crippen LogP contribution >= 0.6 is 0 Å². The van der Waals surface area contributed by atoms with Crippen molar-refractivity contribution >= 4 is 5.91 Å². The molecular weight excluding hydrogens is 306 g/mol. The maximum Gasteiger partial charge on any atom is 0.223 e. The second kappa shape index (κ2) is 7.93. The second-order valence-electron chi connectivity index (χ2n) is 9.00. The molecule has 138 valence electrons. The van der Waals surface area contributed by atoms with Crippen LogP contribution < -0.4 is 5.32 Å². The Balaban J connectivity index is 1.69. The number of hydrogen-bond donors (Lipinski definition) is 1. The Hall–Kier alpha value is -1.31. The largest absolute Gasteiger partial charge is 0.355 e. The number of carbonyl (C=O) groups is 1. The summed E-state index contributed by atoms with van der Waals surface area (Å²) < 4.78 is 0. The summed E-state index contributed by atoms with van der Waals surface area (Å²) in [6.45, 7) is 7.68. The van der Waals surface area contributed by atoms with Gasteiger partial charge in [0.15, 0.2) is 0 Å². The lowest BCUT2D eigenvalue weighted by molar-refractivity contribution is -0.129. The fourth-order valence-electron chi connectivity index (χ4n) is 5.30. The Morgan fingerprint density at radius 2 is 1.84 bits per heavy atom. The second-order valence-corrected chi connectivity index (χ2v) is 9.00. The molecule has 1 amide bonds. The average Bonchev–Trinajstić information content (AvgIpc) is 3.10. The zero-order chi connectivity index (χ0) is 17.9. The summed E-state index contributed by atoms with van der Waals surface area (Å²) in [7, 11) is 0. The van der Waals surface area contributed by atoms with Crippen LogP contribution in [0.15, 0.2) is 30.3 Å². The molecule has 0 heterocycles. The zero-order valence-electron chi connectivity index (χ0n) is 16.3. The van der Waals surface area contributed by atoms with E-state index in [1.54, 1.807) is 0 Å². The SMILES string of the molecule is CC(C)[C@@H]1CC[C@@H](C)C[C@H]1C(=O)NCC1(c2ccccc2)CCCC1. The summed E-state index contributed by atoms with van der Waals surface area (Å²) in [6, 6.07) is 10.8. The fourth-order valence-corrected chi connectivity index (χ4v) is 5.30. The molecule has 1 aromatic rings. The van der Waals surface area contributed by atoms with Gasteiger partial charge in [-0.1, -0.05) is 70.4 Å². The first-order valence-corrected chi connectivity index (χ1v) is 10.3. The third-order valence-electron chi connectivity index (χ3n) is 6.91. The standard InChI is InChI=1S/C23H35NO/c1-17(2)20-12-11-18(3)15-21(20)22(25)24-16-23(13-7-8-14-23)19-9-5-4-6-10-19/h4-6,9-10,17-18,20-21H,7-8,11-16H2,1-3H3,(H,24,25)/t18-,20+,21-/m1/s1. The number of benzene rings is 1. The van der Waals surface area contributed by atoms with Crippen LogP contribution in [0.4, 0.5) is 0 Å². The van der Waals surface area contributed by atoms with Crippen LogP contribution in [0.3, 0.4) is 0 Å². The van der Waals surface area contributed by atoms with Crippen molar-refractivity contribution in [2.45, 2.75) is 71.1 Å². The summed E-state index contributed by atoms with van der Waals surface area (Å²) in [5.74, 6) is 2.34. The molecule has 0 unspecified atom stereocenters. The molecule has 0 aromatic heterocycles. The quantitative estimate of drug-likeness (QED) is 0.771. The maximum absolute atomic E-state index is 13.1. The number of hydrogen-bond acceptors (Lipinski definition) is 1. The van der Waals surface area contributed by atoms with E-state index in [0.717, 1.165) is 13.0 Å². The fraction of sp³-hybridized carbons (Fsp3) is 0.696. The lowest BCUT2D eigenvalue weighted by Gasteiger charge is -2.37. The van der Waals surface area contributed by atoms with E-state index in [1.807, 2.05) is 0 Å². The molecule has 3 atom stereocenters. The minimum Gasteiger partial charge on any atom is -0.355 e. The third kappa shape index (κ3) is 4.10. The third-order valence-corrected chi connectivity index (χ3v) is 6.91. The van der Waals surface area contributed by atoms with Crippen molar-refractivity contribution < 1.29 is 4.79 Å². The van der Waals surface area contributed by atoms with Crippen LogP contribution in [0.5, 0.6) is 0 Å². The van der Waals surface area contributed by atoms with Crippen molar-refractivity contribution in [3.63, 3.8) is 0 Å². The minimum atomic E-state index is 0.157. The van der Waals surface area contributed by atoms with Crippen LogP contribution in [0.1, 0.15) is 71.3 Å². The van der Waals surface area contributed by atoms with Gasteiger partial charge in [-0.2, -0.15) is 0 Å². The van der Waals surface area contributed by atoms with E-state index in [1.165, 1.54) is 44.1 Å². The van der Waals surface area contributed by atoms with Gasteiger partial charge in [0.1, 0.15) is 0 Å². The molecular formula is C23H35NO. The van der Waals surface area contributed by atoms with Gasteiger partial charge in [-0.15, -0.1) is 0 Å². The molecule has 0 spiro atoms. The van der Waals surface area contributed by atoms with E-state index in [2.05, 4.69) is 56.4 Å². The highest BCUT2D eigenvalue weighted by Gasteiger charge is 2.39. The summed E-state index contributed by atoms with van der Waals surface area (Å²) in [4.78, 5) is 13.1. The van der Waals surface area contributed by atoms with Gasteiger partial charge >= 0.3 is 0 Å². The Kier molecular flexibility index (Phi) is 5.86. The first-order valence-electron chi connectivity index (χ1n) is 10.3. The van der Waals surface area contributed by atoms with Gasteiger partial charge < -0.3 is 5.32 Å². The monoisotopic (exact) mass is 341 g/mol. The Labute approximate surface area is 153 Å². The van der Waals surface area contributed by atoms with Gasteiger partial charge in [0.05, 0.1) is 0 Å². The number of nitrogens with one attached hydrogen (secondary N) is 1. The molecule has 1 aromatic carbocycles. The van der Waals surface area contributed by atoms with Crippen LogP contribution in [0, 0.1) is 23.7 Å². The van der Waals surface area contributed by atoms with E-state index in [4.69, 9.17) is 0 Å². The van der Waals surface area contributed by atoms with Crippen molar-refractivity contribution in [1.82, 2.24) is 5.32 Å². The molecule has 2 aliphatic rings. The lowest BCUT2D eigenvalue weighted by Crippen LogP contribution is -2.45. The van der Waals surface area contributed by atoms with Crippen molar-refractivity contribution in [1.29, 1.82) is 0 Å². The van der Waals surface area contributed by atoms with E-state index in [-0.39, 0.29) is 11.3 Å². The molecule has 3 rings (SSSR count). The maximum atomic E-state index is 13.1. The molecule has 2 aliphatic carbocycles. The number of rotatable bonds is 5. The van der Waals surface area contributed by atoms with Crippen LogP contribution in [0.25, 0.3) is 0 Å². The normalized spacial score (nSPS) is 28.9. The van der Waals surface area contributed by atoms with Crippen molar-refractivity contribution in [2.75, 3.05) is 6.54 Å². The van der Waals surface area contributed by atoms with Gasteiger partial charge in [-0.25, -0.2) is 0 Å².